The van der Waals surface area contributed by atoms with Crippen LogP contribution in [-0.2, 0) is 11.3 Å². The number of carbonyl (C=O) groups excluding carboxylic acids is 1. The zero-order chi connectivity index (χ0) is 14.0. The molecule has 0 bridgehead atoms. The van der Waals surface area contributed by atoms with Gasteiger partial charge in [-0.2, -0.15) is 5.10 Å². The zero-order valence-corrected chi connectivity index (χ0v) is 11.3. The normalized spacial score (nSPS) is 15.9. The van der Waals surface area contributed by atoms with Gasteiger partial charge in [-0.05, 0) is 13.3 Å². The van der Waals surface area contributed by atoms with Gasteiger partial charge in [0.2, 0.25) is 5.82 Å². The summed E-state index contributed by atoms with van der Waals surface area (Å²) in [5.41, 5.74) is 0.508. The highest BCUT2D eigenvalue weighted by Gasteiger charge is 2.31. The van der Waals surface area contributed by atoms with Gasteiger partial charge in [0, 0.05) is 32.5 Å². The van der Waals surface area contributed by atoms with Gasteiger partial charge in [0.15, 0.2) is 0 Å². The van der Waals surface area contributed by atoms with Crippen LogP contribution in [0.15, 0.2) is 0 Å². The number of hydrogen-bond donors (Lipinski definition) is 0. The summed E-state index contributed by atoms with van der Waals surface area (Å²) in [6, 6.07) is 0. The standard InChI is InChI=1S/C12H18N4O3/c1-3-6-15-12(11(16(18)19)9(2)13-15)14-7-4-10(17)5-8-14/h3-8H2,1-2H3. The molecule has 7 heteroatoms. The lowest BCUT2D eigenvalue weighted by atomic mass is 10.1. The molecule has 0 radical (unpaired) electrons. The van der Waals surface area contributed by atoms with Crippen LogP contribution in [0, 0.1) is 17.0 Å². The summed E-state index contributed by atoms with van der Waals surface area (Å²) in [7, 11) is 0. The number of carbonyl (C=O) groups is 1. The summed E-state index contributed by atoms with van der Waals surface area (Å²) in [6.45, 7) is 5.38. The number of hydrogen-bond acceptors (Lipinski definition) is 5. The van der Waals surface area contributed by atoms with E-state index in [2.05, 4.69) is 5.10 Å². The van der Waals surface area contributed by atoms with Crippen LogP contribution in [0.25, 0.3) is 0 Å². The second-order valence-corrected chi connectivity index (χ2v) is 4.76. The lowest BCUT2D eigenvalue weighted by molar-refractivity contribution is -0.384. The fraction of sp³-hybridized carbons (Fsp3) is 0.667. The first-order valence-corrected chi connectivity index (χ1v) is 6.53. The lowest BCUT2D eigenvalue weighted by Gasteiger charge is -2.27. The van der Waals surface area contributed by atoms with E-state index in [9.17, 15) is 14.9 Å². The molecule has 0 spiro atoms. The van der Waals surface area contributed by atoms with Crippen LogP contribution >= 0.6 is 0 Å². The molecule has 2 rings (SSSR count). The number of nitrogens with zero attached hydrogens (tertiary/aromatic N) is 4. The molecule has 2 heterocycles. The van der Waals surface area contributed by atoms with Gasteiger partial charge in [0.1, 0.15) is 11.5 Å². The fourth-order valence-corrected chi connectivity index (χ4v) is 2.42. The summed E-state index contributed by atoms with van der Waals surface area (Å²) < 4.78 is 1.70. The number of nitro groups is 1. The van der Waals surface area contributed by atoms with E-state index in [1.165, 1.54) is 0 Å². The maximum Gasteiger partial charge on any atom is 0.333 e. The summed E-state index contributed by atoms with van der Waals surface area (Å²) in [5.74, 6) is 0.772. The van der Waals surface area contributed by atoms with Crippen molar-refractivity contribution in [3.05, 3.63) is 15.8 Å². The van der Waals surface area contributed by atoms with Crippen molar-refractivity contribution in [3.8, 4) is 0 Å². The number of Topliss-reactive ketones (excluding diaryl/α,β-unsaturated/α-hetero) is 1. The number of piperidine rings is 1. The molecule has 1 aromatic rings. The second kappa shape index (κ2) is 5.38. The van der Waals surface area contributed by atoms with Crippen LogP contribution < -0.4 is 4.90 Å². The average Bonchev–Trinajstić information content (AvgIpc) is 2.67. The van der Waals surface area contributed by atoms with Gasteiger partial charge < -0.3 is 4.90 Å². The molecule has 19 heavy (non-hydrogen) atoms. The zero-order valence-electron chi connectivity index (χ0n) is 11.3. The predicted octanol–water partition coefficient (Wildman–Crippen LogP) is 1.68. The van der Waals surface area contributed by atoms with E-state index in [0.717, 1.165) is 6.42 Å². The number of aromatic nitrogens is 2. The third-order valence-electron chi connectivity index (χ3n) is 3.31. The Hall–Kier alpha value is -1.92. The van der Waals surface area contributed by atoms with Crippen molar-refractivity contribution in [1.82, 2.24) is 9.78 Å². The molecule has 104 valence electrons. The molecule has 1 fully saturated rings. The first-order chi connectivity index (χ1) is 9.04. The number of anilines is 1. The van der Waals surface area contributed by atoms with Crippen molar-refractivity contribution in [2.45, 2.75) is 39.7 Å². The maximum absolute atomic E-state index is 11.3. The van der Waals surface area contributed by atoms with Crippen molar-refractivity contribution >= 4 is 17.3 Å². The van der Waals surface area contributed by atoms with E-state index in [4.69, 9.17) is 0 Å². The molecular weight excluding hydrogens is 248 g/mol. The maximum atomic E-state index is 11.3. The van der Waals surface area contributed by atoms with Crippen molar-refractivity contribution in [2.75, 3.05) is 18.0 Å². The van der Waals surface area contributed by atoms with Crippen LogP contribution in [-0.4, -0.2) is 33.6 Å². The SMILES string of the molecule is CCCn1nc(C)c([N+](=O)[O-])c1N1CCC(=O)CC1. The van der Waals surface area contributed by atoms with Crippen LogP contribution in [0.3, 0.4) is 0 Å². The Morgan fingerprint density at radius 3 is 2.53 bits per heavy atom. The first-order valence-electron chi connectivity index (χ1n) is 6.53. The van der Waals surface area contributed by atoms with E-state index in [1.54, 1.807) is 11.6 Å². The molecule has 0 saturated carbocycles. The molecule has 1 aliphatic heterocycles. The van der Waals surface area contributed by atoms with Gasteiger partial charge >= 0.3 is 5.69 Å². The molecule has 1 saturated heterocycles. The monoisotopic (exact) mass is 266 g/mol. The van der Waals surface area contributed by atoms with Crippen LogP contribution in [0.1, 0.15) is 31.9 Å². The molecule has 7 nitrogen and oxygen atoms in total. The molecule has 0 atom stereocenters. The van der Waals surface area contributed by atoms with E-state index >= 15 is 0 Å². The molecule has 0 unspecified atom stereocenters. The highest BCUT2D eigenvalue weighted by molar-refractivity contribution is 5.81. The lowest BCUT2D eigenvalue weighted by Crippen LogP contribution is -2.35. The smallest absolute Gasteiger partial charge is 0.333 e. The first kappa shape index (κ1) is 13.5. The predicted molar refractivity (Wildman–Crippen MR) is 70.4 cm³/mol. The third-order valence-corrected chi connectivity index (χ3v) is 3.31. The Morgan fingerprint density at radius 2 is 2.00 bits per heavy atom. The molecular formula is C12H18N4O3. The highest BCUT2D eigenvalue weighted by Crippen LogP contribution is 2.33. The van der Waals surface area contributed by atoms with Crippen molar-refractivity contribution in [1.29, 1.82) is 0 Å². The molecule has 0 aromatic carbocycles. The molecule has 0 aliphatic carbocycles. The minimum absolute atomic E-state index is 0.0720. The van der Waals surface area contributed by atoms with Gasteiger partial charge in [-0.1, -0.05) is 6.92 Å². The van der Waals surface area contributed by atoms with Gasteiger partial charge in [-0.25, -0.2) is 4.68 Å². The van der Waals surface area contributed by atoms with Gasteiger partial charge in [-0.3, -0.25) is 14.9 Å². The molecule has 1 aliphatic rings. The van der Waals surface area contributed by atoms with Crippen molar-refractivity contribution < 1.29 is 9.72 Å². The molecule has 1 aromatic heterocycles. The summed E-state index contributed by atoms with van der Waals surface area (Å²) in [4.78, 5) is 24.1. The number of ketones is 1. The van der Waals surface area contributed by atoms with E-state index < -0.39 is 0 Å². The van der Waals surface area contributed by atoms with Crippen molar-refractivity contribution in [2.24, 2.45) is 0 Å². The van der Waals surface area contributed by atoms with Crippen LogP contribution in [0.2, 0.25) is 0 Å². The Balaban J connectivity index is 2.40. The number of rotatable bonds is 4. The van der Waals surface area contributed by atoms with Gasteiger partial charge in [0.05, 0.1) is 4.92 Å². The second-order valence-electron chi connectivity index (χ2n) is 4.76. The van der Waals surface area contributed by atoms with Gasteiger partial charge in [-0.15, -0.1) is 0 Å². The largest absolute Gasteiger partial charge is 0.350 e. The topological polar surface area (TPSA) is 81.3 Å². The Bertz CT molecular complexity index is 499. The molecule has 0 amide bonds. The quantitative estimate of drug-likeness (QED) is 0.611. The van der Waals surface area contributed by atoms with E-state index in [0.29, 0.717) is 44.0 Å². The van der Waals surface area contributed by atoms with Crippen molar-refractivity contribution in [3.63, 3.8) is 0 Å². The summed E-state index contributed by atoms with van der Waals surface area (Å²) in [5, 5.41) is 15.5. The average molecular weight is 266 g/mol. The fourth-order valence-electron chi connectivity index (χ4n) is 2.42. The Morgan fingerprint density at radius 1 is 1.37 bits per heavy atom. The van der Waals surface area contributed by atoms with E-state index in [1.807, 2.05) is 11.8 Å². The summed E-state index contributed by atoms with van der Waals surface area (Å²) in [6.07, 6.45) is 1.76. The van der Waals surface area contributed by atoms with E-state index in [-0.39, 0.29) is 16.4 Å². The third kappa shape index (κ3) is 2.59. The number of aryl methyl sites for hydroxylation is 2. The highest BCUT2D eigenvalue weighted by atomic mass is 16.6. The summed E-state index contributed by atoms with van der Waals surface area (Å²) >= 11 is 0. The Labute approximate surface area is 111 Å². The van der Waals surface area contributed by atoms with Crippen LogP contribution in [0.4, 0.5) is 11.5 Å². The minimum Gasteiger partial charge on any atom is -0.350 e. The van der Waals surface area contributed by atoms with Crippen LogP contribution in [0.5, 0.6) is 0 Å². The van der Waals surface area contributed by atoms with Gasteiger partial charge in [0.25, 0.3) is 0 Å². The molecule has 0 N–H and O–H groups in total. The Kier molecular flexibility index (Phi) is 3.82. The minimum atomic E-state index is -0.375.